The quantitative estimate of drug-likeness (QED) is 0.183. The highest BCUT2D eigenvalue weighted by Crippen LogP contribution is 2.48. The lowest BCUT2D eigenvalue weighted by atomic mass is 9.83. The number of hydrogen-bond acceptors (Lipinski definition) is 1. The minimum atomic E-state index is -0.406. The van der Waals surface area contributed by atoms with Gasteiger partial charge in [-0.05, 0) is 95.3 Å². The summed E-state index contributed by atoms with van der Waals surface area (Å²) in [5.74, 6) is 0. The van der Waals surface area contributed by atoms with Crippen molar-refractivity contribution in [3.8, 4) is 33.4 Å². The molecule has 0 aliphatic rings. The van der Waals surface area contributed by atoms with Crippen molar-refractivity contribution in [2.75, 3.05) is 0 Å². The van der Waals surface area contributed by atoms with Crippen LogP contribution in [0.1, 0.15) is 8.22 Å². The minimum absolute atomic E-state index is 0.0385. The lowest BCUT2D eigenvalue weighted by Crippen LogP contribution is -1.92. The van der Waals surface area contributed by atoms with Gasteiger partial charge in [0.15, 0.2) is 0 Å². The van der Waals surface area contributed by atoms with Crippen LogP contribution in [0.2, 0.25) is 0 Å². The third-order valence-electron chi connectivity index (χ3n) is 9.34. The smallest absolute Gasteiger partial charge is 0.143 e. The summed E-state index contributed by atoms with van der Waals surface area (Å²) in [5.41, 5.74) is 5.64. The van der Waals surface area contributed by atoms with Gasteiger partial charge in [0.25, 0.3) is 0 Å². The van der Waals surface area contributed by atoms with E-state index in [1.54, 1.807) is 0 Å². The Hall–Kier alpha value is -6.18. The first kappa shape index (κ1) is 20.8. The van der Waals surface area contributed by atoms with Gasteiger partial charge in [-0.25, -0.2) is 0 Å². The van der Waals surface area contributed by atoms with Gasteiger partial charge in [0.1, 0.15) is 11.2 Å². The van der Waals surface area contributed by atoms with Crippen LogP contribution in [0.15, 0.2) is 174 Å². The van der Waals surface area contributed by atoms with Crippen molar-refractivity contribution in [2.45, 2.75) is 0 Å². The molecule has 9 aromatic carbocycles. The first-order valence-electron chi connectivity index (χ1n) is 18.7. The average molecular weight is 603 g/mol. The van der Waals surface area contributed by atoms with Crippen molar-refractivity contribution < 1.29 is 12.6 Å². The predicted octanol–water partition coefficient (Wildman–Crippen LogP) is 13.2. The van der Waals surface area contributed by atoms with Crippen molar-refractivity contribution in [1.29, 1.82) is 0 Å². The summed E-state index contributed by atoms with van der Waals surface area (Å²) in [6, 6.07) is 42.6. The van der Waals surface area contributed by atoms with Crippen molar-refractivity contribution in [2.24, 2.45) is 0 Å². The van der Waals surface area contributed by atoms with Crippen LogP contribution in [0.5, 0.6) is 0 Å². The van der Waals surface area contributed by atoms with Crippen molar-refractivity contribution >= 4 is 65.0 Å². The molecule has 0 bridgehead atoms. The van der Waals surface area contributed by atoms with Gasteiger partial charge in [-0.3, -0.25) is 0 Å². The van der Waals surface area contributed by atoms with Gasteiger partial charge in [0, 0.05) is 16.2 Å². The molecule has 1 heterocycles. The number of rotatable bonds is 3. The molecule has 218 valence electrons. The van der Waals surface area contributed by atoms with Gasteiger partial charge in [0.05, 0.1) is 8.22 Å². The Bertz CT molecular complexity index is 3130. The molecule has 1 nitrogen and oxygen atoms in total. The van der Waals surface area contributed by atoms with Gasteiger partial charge in [-0.15, -0.1) is 0 Å². The second-order valence-corrected chi connectivity index (χ2v) is 11.9. The fraction of sp³-hybridized carbons (Fsp3) is 0. The van der Waals surface area contributed by atoms with Crippen LogP contribution < -0.4 is 0 Å². The SMILES string of the molecule is [2H]c1c([2H])c([2H])c2c(-c3ccccc3)c([2H])c(-c3c4ccccc4c(-c4cccc5oc6c7ccccc7ccc6c45)c4ccccc34)c([2H])c2c1[2H]. The molecule has 0 spiro atoms. The van der Waals surface area contributed by atoms with Crippen LogP contribution in [0.3, 0.4) is 0 Å². The molecule has 0 atom stereocenters. The van der Waals surface area contributed by atoms with E-state index in [1.807, 2.05) is 91.0 Å². The first-order chi connectivity index (χ1) is 25.8. The highest BCUT2D eigenvalue weighted by atomic mass is 16.3. The minimum Gasteiger partial charge on any atom is -0.455 e. The largest absolute Gasteiger partial charge is 0.455 e. The highest BCUT2D eigenvalue weighted by molar-refractivity contribution is 6.27. The van der Waals surface area contributed by atoms with Gasteiger partial charge in [-0.2, -0.15) is 0 Å². The zero-order valence-electron chi connectivity index (χ0n) is 31.1. The molecule has 0 saturated heterocycles. The predicted molar refractivity (Wildman–Crippen MR) is 200 cm³/mol. The molecular formula is C46H28O. The Kier molecular flexibility index (Phi) is 4.49. The molecule has 0 amide bonds. The maximum Gasteiger partial charge on any atom is 0.143 e. The summed E-state index contributed by atoms with van der Waals surface area (Å²) in [6.45, 7) is 0. The van der Waals surface area contributed by atoms with E-state index in [0.717, 1.165) is 65.4 Å². The van der Waals surface area contributed by atoms with Crippen LogP contribution in [0.4, 0.5) is 0 Å². The van der Waals surface area contributed by atoms with Crippen LogP contribution >= 0.6 is 0 Å². The molecule has 0 aliphatic carbocycles. The monoisotopic (exact) mass is 602 g/mol. The second-order valence-electron chi connectivity index (χ2n) is 11.9. The molecule has 10 aromatic rings. The lowest BCUT2D eigenvalue weighted by molar-refractivity contribution is 0.673. The second kappa shape index (κ2) is 10.2. The van der Waals surface area contributed by atoms with E-state index in [0.29, 0.717) is 22.3 Å². The van der Waals surface area contributed by atoms with E-state index >= 15 is 0 Å². The lowest BCUT2D eigenvalue weighted by Gasteiger charge is -2.19. The van der Waals surface area contributed by atoms with Crippen LogP contribution in [0, 0.1) is 0 Å². The zero-order chi connectivity index (χ0) is 36.1. The van der Waals surface area contributed by atoms with Crippen molar-refractivity contribution in [3.05, 3.63) is 170 Å². The number of benzene rings is 9. The average Bonchev–Trinajstić information content (AvgIpc) is 3.59. The van der Waals surface area contributed by atoms with Gasteiger partial charge >= 0.3 is 0 Å². The molecule has 0 unspecified atom stereocenters. The molecule has 47 heavy (non-hydrogen) atoms. The molecule has 0 fully saturated rings. The Morgan fingerprint density at radius 3 is 1.83 bits per heavy atom. The first-order valence-corrected chi connectivity index (χ1v) is 15.7. The Morgan fingerprint density at radius 2 is 1.06 bits per heavy atom. The van der Waals surface area contributed by atoms with E-state index in [2.05, 4.69) is 42.5 Å². The summed E-state index contributed by atoms with van der Waals surface area (Å²) in [6.07, 6.45) is 0. The normalized spacial score (nSPS) is 13.6. The molecule has 0 N–H and O–H groups in total. The number of hydrogen-bond donors (Lipinski definition) is 0. The van der Waals surface area contributed by atoms with Gasteiger partial charge < -0.3 is 4.42 Å². The van der Waals surface area contributed by atoms with E-state index in [-0.39, 0.29) is 41.0 Å². The molecule has 0 aliphatic heterocycles. The van der Waals surface area contributed by atoms with Gasteiger partial charge in [-0.1, -0.05) is 145 Å². The molecule has 0 saturated carbocycles. The molecule has 10 rings (SSSR count). The fourth-order valence-corrected chi connectivity index (χ4v) is 7.33. The summed E-state index contributed by atoms with van der Waals surface area (Å²) in [5, 5.41) is 7.97. The van der Waals surface area contributed by atoms with Crippen molar-refractivity contribution in [1.82, 2.24) is 0 Å². The van der Waals surface area contributed by atoms with E-state index < -0.39 is 6.04 Å². The molecule has 1 heteroatoms. The summed E-state index contributed by atoms with van der Waals surface area (Å²) < 4.78 is 61.3. The van der Waals surface area contributed by atoms with Crippen LogP contribution in [0.25, 0.3) is 98.4 Å². The third kappa shape index (κ3) is 3.90. The maximum atomic E-state index is 9.86. The van der Waals surface area contributed by atoms with E-state index in [9.17, 15) is 2.74 Å². The molecular weight excluding hydrogens is 569 g/mol. The summed E-state index contributed by atoms with van der Waals surface area (Å²) in [4.78, 5) is 0. The summed E-state index contributed by atoms with van der Waals surface area (Å²) >= 11 is 0. The third-order valence-corrected chi connectivity index (χ3v) is 9.34. The zero-order valence-corrected chi connectivity index (χ0v) is 25.1. The number of fused-ring (bicyclic) bond motifs is 8. The number of furan rings is 1. The summed E-state index contributed by atoms with van der Waals surface area (Å²) in [7, 11) is 0. The van der Waals surface area contributed by atoms with E-state index in [4.69, 9.17) is 9.90 Å². The Balaban J connectivity index is 1.39. The molecule has 1 aromatic heterocycles. The topological polar surface area (TPSA) is 13.1 Å². The maximum absolute atomic E-state index is 9.86. The van der Waals surface area contributed by atoms with E-state index in [1.165, 1.54) is 0 Å². The Morgan fingerprint density at radius 1 is 0.404 bits per heavy atom. The van der Waals surface area contributed by atoms with Crippen LogP contribution in [-0.2, 0) is 0 Å². The molecule has 0 radical (unpaired) electrons. The van der Waals surface area contributed by atoms with Gasteiger partial charge in [0.2, 0.25) is 0 Å². The van der Waals surface area contributed by atoms with Crippen LogP contribution in [-0.4, -0.2) is 0 Å². The Labute approximate surface area is 280 Å². The fourth-order valence-electron chi connectivity index (χ4n) is 7.33. The highest BCUT2D eigenvalue weighted by Gasteiger charge is 2.21. The standard InChI is InChI=1S/C46H28O/c1-2-13-29(14-3-1)41-28-32(27-31-16-5-6-17-33(31)41)43-35-19-8-10-21-37(35)44(38-22-11-9-20-36(38)43)39-23-12-24-42-45(39)40-26-25-30-15-4-7-18-34(30)46(40)47-42/h1-28H/i5D,6D,16D,17D,27D,28D. The van der Waals surface area contributed by atoms with Crippen molar-refractivity contribution in [3.63, 3.8) is 0 Å².